The maximum Gasteiger partial charge on any atom is 0.142 e. The number of aryl methyl sites for hydroxylation is 2. The van der Waals surface area contributed by atoms with Crippen molar-refractivity contribution in [2.45, 2.75) is 19.8 Å². The van der Waals surface area contributed by atoms with Crippen LogP contribution >= 0.6 is 12.4 Å². The number of nitrogens with two attached hydrogens (primary N) is 1. The zero-order valence-electron chi connectivity index (χ0n) is 11.1. The molecule has 0 atom stereocenters. The van der Waals surface area contributed by atoms with Gasteiger partial charge in [-0.3, -0.25) is 0 Å². The first-order chi connectivity index (χ1) is 8.75. The zero-order valence-corrected chi connectivity index (χ0v) is 12.0. The molecule has 0 amide bonds. The fourth-order valence-electron chi connectivity index (χ4n) is 1.87. The highest BCUT2D eigenvalue weighted by Gasteiger charge is 2.00. The third-order valence-corrected chi connectivity index (χ3v) is 2.88. The second kappa shape index (κ2) is 7.70. The van der Waals surface area contributed by atoms with Crippen LogP contribution in [0.3, 0.4) is 0 Å². The molecule has 0 unspecified atom stereocenters. The molecular formula is C16H20ClNO. The topological polar surface area (TPSA) is 35.2 Å². The van der Waals surface area contributed by atoms with Crippen molar-refractivity contribution in [3.8, 4) is 5.75 Å². The summed E-state index contributed by atoms with van der Waals surface area (Å²) < 4.78 is 5.71. The van der Waals surface area contributed by atoms with Gasteiger partial charge in [0.15, 0.2) is 0 Å². The van der Waals surface area contributed by atoms with Crippen LogP contribution in [-0.4, -0.2) is 6.61 Å². The molecule has 2 aromatic rings. The van der Waals surface area contributed by atoms with Gasteiger partial charge in [-0.25, -0.2) is 0 Å². The second-order valence-electron chi connectivity index (χ2n) is 4.48. The van der Waals surface area contributed by atoms with Crippen LogP contribution < -0.4 is 10.5 Å². The van der Waals surface area contributed by atoms with E-state index >= 15 is 0 Å². The van der Waals surface area contributed by atoms with Crippen LogP contribution in [0.25, 0.3) is 0 Å². The lowest BCUT2D eigenvalue weighted by atomic mass is 10.1. The minimum atomic E-state index is 0. The normalized spacial score (nSPS) is 9.74. The van der Waals surface area contributed by atoms with E-state index in [1.807, 2.05) is 31.2 Å². The lowest BCUT2D eigenvalue weighted by Crippen LogP contribution is -2.02. The van der Waals surface area contributed by atoms with Gasteiger partial charge in [0.1, 0.15) is 5.75 Å². The third kappa shape index (κ3) is 4.84. The summed E-state index contributed by atoms with van der Waals surface area (Å²) in [6.45, 7) is 2.73. The zero-order chi connectivity index (χ0) is 12.8. The van der Waals surface area contributed by atoms with Gasteiger partial charge in [0.25, 0.3) is 0 Å². The van der Waals surface area contributed by atoms with Crippen molar-refractivity contribution >= 4 is 18.1 Å². The summed E-state index contributed by atoms with van der Waals surface area (Å²) in [7, 11) is 0. The molecule has 0 saturated carbocycles. The van der Waals surface area contributed by atoms with Gasteiger partial charge in [0.2, 0.25) is 0 Å². The van der Waals surface area contributed by atoms with Crippen LogP contribution in [-0.2, 0) is 6.42 Å². The average Bonchev–Trinajstić information content (AvgIpc) is 2.40. The van der Waals surface area contributed by atoms with Gasteiger partial charge in [-0.2, -0.15) is 0 Å². The van der Waals surface area contributed by atoms with Gasteiger partial charge in [-0.15, -0.1) is 12.4 Å². The number of ether oxygens (including phenoxy) is 1. The van der Waals surface area contributed by atoms with Crippen LogP contribution in [0.4, 0.5) is 5.69 Å². The van der Waals surface area contributed by atoms with Crippen LogP contribution in [0, 0.1) is 6.92 Å². The summed E-state index contributed by atoms with van der Waals surface area (Å²) in [4.78, 5) is 0. The second-order valence-corrected chi connectivity index (χ2v) is 4.48. The summed E-state index contributed by atoms with van der Waals surface area (Å²) in [6.07, 6.45) is 2.03. The van der Waals surface area contributed by atoms with E-state index in [1.54, 1.807) is 0 Å². The monoisotopic (exact) mass is 277 g/mol. The minimum absolute atomic E-state index is 0. The molecule has 3 heteroatoms. The maximum atomic E-state index is 5.86. The molecule has 0 aromatic heterocycles. The van der Waals surface area contributed by atoms with Crippen LogP contribution in [0.2, 0.25) is 0 Å². The Morgan fingerprint density at radius 3 is 2.53 bits per heavy atom. The van der Waals surface area contributed by atoms with Crippen molar-refractivity contribution < 1.29 is 4.74 Å². The number of halogens is 1. The smallest absolute Gasteiger partial charge is 0.142 e. The largest absolute Gasteiger partial charge is 0.491 e. The molecule has 0 radical (unpaired) electrons. The van der Waals surface area contributed by atoms with Crippen molar-refractivity contribution in [2.75, 3.05) is 12.3 Å². The van der Waals surface area contributed by atoms with Gasteiger partial charge in [-0.05, 0) is 43.0 Å². The molecule has 102 valence electrons. The van der Waals surface area contributed by atoms with E-state index in [0.717, 1.165) is 18.6 Å². The molecule has 0 bridgehead atoms. The Morgan fingerprint density at radius 2 is 1.79 bits per heavy atom. The fourth-order valence-corrected chi connectivity index (χ4v) is 1.87. The number of anilines is 1. The van der Waals surface area contributed by atoms with Crippen molar-refractivity contribution in [3.05, 3.63) is 59.7 Å². The lowest BCUT2D eigenvalue weighted by molar-refractivity contribution is 0.312. The van der Waals surface area contributed by atoms with Gasteiger partial charge in [-0.1, -0.05) is 36.4 Å². The molecule has 0 aliphatic heterocycles. The highest BCUT2D eigenvalue weighted by Crippen LogP contribution is 2.22. The molecule has 0 aliphatic rings. The number of hydrogen-bond donors (Lipinski definition) is 1. The van der Waals surface area contributed by atoms with Crippen LogP contribution in [0.1, 0.15) is 17.5 Å². The molecule has 2 nitrogen and oxygen atoms in total. The summed E-state index contributed by atoms with van der Waals surface area (Å²) in [5, 5.41) is 0. The van der Waals surface area contributed by atoms with Gasteiger partial charge in [0, 0.05) is 0 Å². The first kappa shape index (κ1) is 15.4. The molecule has 2 rings (SSSR count). The summed E-state index contributed by atoms with van der Waals surface area (Å²) in [5.41, 5.74) is 9.08. The van der Waals surface area contributed by atoms with E-state index in [0.29, 0.717) is 12.3 Å². The number of hydrogen-bond acceptors (Lipinski definition) is 2. The molecule has 2 N–H and O–H groups in total. The summed E-state index contributed by atoms with van der Waals surface area (Å²) >= 11 is 0. The maximum absolute atomic E-state index is 5.86. The molecule has 0 saturated heterocycles. The van der Waals surface area contributed by atoms with Crippen LogP contribution in [0.15, 0.2) is 48.5 Å². The third-order valence-electron chi connectivity index (χ3n) is 2.88. The van der Waals surface area contributed by atoms with Crippen molar-refractivity contribution in [1.82, 2.24) is 0 Å². The molecular weight excluding hydrogens is 258 g/mol. The van der Waals surface area contributed by atoms with Gasteiger partial charge >= 0.3 is 0 Å². The van der Waals surface area contributed by atoms with E-state index in [-0.39, 0.29) is 12.4 Å². The SMILES string of the molecule is Cc1ccc(N)c(OCCCc2ccccc2)c1.Cl. The Morgan fingerprint density at radius 1 is 1.05 bits per heavy atom. The molecule has 2 aromatic carbocycles. The summed E-state index contributed by atoms with van der Waals surface area (Å²) in [5.74, 6) is 0.795. The number of rotatable bonds is 5. The predicted octanol–water partition coefficient (Wildman–Crippen LogP) is 4.01. The Balaban J connectivity index is 0.00000180. The van der Waals surface area contributed by atoms with Crippen molar-refractivity contribution in [2.24, 2.45) is 0 Å². The Hall–Kier alpha value is -1.67. The number of benzene rings is 2. The number of nitrogen functional groups attached to an aromatic ring is 1. The lowest BCUT2D eigenvalue weighted by Gasteiger charge is -2.09. The van der Waals surface area contributed by atoms with Gasteiger partial charge < -0.3 is 10.5 Å². The van der Waals surface area contributed by atoms with Crippen molar-refractivity contribution in [1.29, 1.82) is 0 Å². The van der Waals surface area contributed by atoms with E-state index in [9.17, 15) is 0 Å². The van der Waals surface area contributed by atoms with Crippen LogP contribution in [0.5, 0.6) is 5.75 Å². The molecule has 0 fully saturated rings. The van der Waals surface area contributed by atoms with E-state index < -0.39 is 0 Å². The Labute approximate surface area is 121 Å². The first-order valence-corrected chi connectivity index (χ1v) is 6.28. The van der Waals surface area contributed by atoms with E-state index in [2.05, 4.69) is 24.3 Å². The summed E-state index contributed by atoms with van der Waals surface area (Å²) in [6, 6.07) is 16.3. The Bertz CT molecular complexity index is 499. The molecule has 0 aliphatic carbocycles. The van der Waals surface area contributed by atoms with Gasteiger partial charge in [0.05, 0.1) is 12.3 Å². The first-order valence-electron chi connectivity index (χ1n) is 6.28. The molecule has 0 heterocycles. The average molecular weight is 278 g/mol. The highest BCUT2D eigenvalue weighted by molar-refractivity contribution is 5.85. The standard InChI is InChI=1S/C16H19NO.ClH/c1-13-9-10-15(17)16(12-13)18-11-5-8-14-6-3-2-4-7-14;/h2-4,6-7,9-10,12H,5,8,11,17H2,1H3;1H. The highest BCUT2D eigenvalue weighted by atomic mass is 35.5. The quantitative estimate of drug-likeness (QED) is 0.662. The fraction of sp³-hybridized carbons (Fsp3) is 0.250. The van der Waals surface area contributed by atoms with E-state index in [4.69, 9.17) is 10.5 Å². The predicted molar refractivity (Wildman–Crippen MR) is 83.1 cm³/mol. The minimum Gasteiger partial charge on any atom is -0.491 e. The molecule has 0 spiro atoms. The molecule has 19 heavy (non-hydrogen) atoms. The Kier molecular flexibility index (Phi) is 6.23. The van der Waals surface area contributed by atoms with Crippen molar-refractivity contribution in [3.63, 3.8) is 0 Å². The van der Waals surface area contributed by atoms with E-state index in [1.165, 1.54) is 11.1 Å².